The van der Waals surface area contributed by atoms with Gasteiger partial charge in [0, 0.05) is 17.3 Å². The van der Waals surface area contributed by atoms with Crippen LogP contribution in [0.3, 0.4) is 0 Å². The van der Waals surface area contributed by atoms with Gasteiger partial charge in [-0.05, 0) is 61.8 Å². The van der Waals surface area contributed by atoms with Crippen molar-refractivity contribution in [3.05, 3.63) is 59.7 Å². The maximum atomic E-state index is 12.5. The Morgan fingerprint density at radius 3 is 2.43 bits per heavy atom. The van der Waals surface area contributed by atoms with Crippen LogP contribution in [0.2, 0.25) is 0 Å². The highest BCUT2D eigenvalue weighted by molar-refractivity contribution is 5.93. The Kier molecular flexibility index (Phi) is 4.65. The molecule has 0 saturated heterocycles. The Morgan fingerprint density at radius 2 is 1.74 bits per heavy atom. The summed E-state index contributed by atoms with van der Waals surface area (Å²) in [5, 5.41) is 3.06. The molecule has 0 heterocycles. The van der Waals surface area contributed by atoms with Gasteiger partial charge in [0.2, 0.25) is 5.91 Å². The van der Waals surface area contributed by atoms with Crippen molar-refractivity contribution in [3.8, 4) is 0 Å². The number of carbonyl (C=O) groups is 1. The first-order valence-corrected chi connectivity index (χ1v) is 8.35. The van der Waals surface area contributed by atoms with E-state index in [0.29, 0.717) is 11.6 Å². The van der Waals surface area contributed by atoms with Crippen molar-refractivity contribution in [2.75, 3.05) is 11.1 Å². The summed E-state index contributed by atoms with van der Waals surface area (Å²) in [7, 11) is 0. The molecule has 3 nitrogen and oxygen atoms in total. The average molecular weight is 308 g/mol. The fourth-order valence-corrected chi connectivity index (χ4v) is 3.42. The predicted octanol–water partition coefficient (Wildman–Crippen LogP) is 4.49. The molecule has 1 amide bonds. The number of nitrogen functional groups attached to an aromatic ring is 1. The van der Waals surface area contributed by atoms with Gasteiger partial charge in [0.15, 0.2) is 0 Å². The van der Waals surface area contributed by atoms with E-state index in [1.807, 2.05) is 25.1 Å². The molecule has 0 spiro atoms. The summed E-state index contributed by atoms with van der Waals surface area (Å²) >= 11 is 0. The lowest BCUT2D eigenvalue weighted by Crippen LogP contribution is -2.27. The molecule has 0 aromatic heterocycles. The minimum atomic E-state index is 0.107. The highest BCUT2D eigenvalue weighted by Gasteiger charge is 2.27. The summed E-state index contributed by atoms with van der Waals surface area (Å²) in [6.45, 7) is 1.99. The van der Waals surface area contributed by atoms with Gasteiger partial charge in [0.05, 0.1) is 0 Å². The molecule has 2 aromatic carbocycles. The first-order valence-electron chi connectivity index (χ1n) is 8.35. The van der Waals surface area contributed by atoms with Crippen LogP contribution < -0.4 is 11.1 Å². The van der Waals surface area contributed by atoms with E-state index in [1.54, 1.807) is 0 Å². The highest BCUT2D eigenvalue weighted by Crippen LogP contribution is 2.36. The van der Waals surface area contributed by atoms with Crippen molar-refractivity contribution in [2.45, 2.75) is 38.5 Å². The lowest BCUT2D eigenvalue weighted by Gasteiger charge is -2.28. The lowest BCUT2D eigenvalue weighted by atomic mass is 9.78. The van der Waals surface area contributed by atoms with Gasteiger partial charge in [-0.2, -0.15) is 0 Å². The van der Waals surface area contributed by atoms with Crippen molar-refractivity contribution in [1.82, 2.24) is 0 Å². The number of aryl methyl sites for hydroxylation is 1. The summed E-state index contributed by atoms with van der Waals surface area (Å²) < 4.78 is 0. The Morgan fingerprint density at radius 1 is 1.04 bits per heavy atom. The first-order chi connectivity index (χ1) is 11.1. The van der Waals surface area contributed by atoms with E-state index in [9.17, 15) is 4.79 Å². The quantitative estimate of drug-likeness (QED) is 0.821. The summed E-state index contributed by atoms with van der Waals surface area (Å²) in [4.78, 5) is 12.5. The SMILES string of the molecule is Cc1ccc(N)cc1NC(=O)C1CCC(c2ccccc2)CC1. The van der Waals surface area contributed by atoms with Crippen LogP contribution in [0.25, 0.3) is 0 Å². The fraction of sp³-hybridized carbons (Fsp3) is 0.350. The average Bonchev–Trinajstić information content (AvgIpc) is 2.59. The molecule has 1 aliphatic rings. The third-order valence-corrected chi connectivity index (χ3v) is 4.89. The van der Waals surface area contributed by atoms with Gasteiger partial charge in [0.1, 0.15) is 0 Å². The molecule has 2 aromatic rings. The van der Waals surface area contributed by atoms with E-state index >= 15 is 0 Å². The van der Waals surface area contributed by atoms with Gasteiger partial charge in [-0.15, -0.1) is 0 Å². The number of hydrogen-bond donors (Lipinski definition) is 2. The van der Waals surface area contributed by atoms with Gasteiger partial charge in [-0.1, -0.05) is 36.4 Å². The Balaban J connectivity index is 1.59. The molecule has 3 rings (SSSR count). The molecule has 0 atom stereocenters. The second-order valence-electron chi connectivity index (χ2n) is 6.52. The number of amides is 1. The molecule has 3 N–H and O–H groups in total. The molecule has 120 valence electrons. The molecule has 0 unspecified atom stereocenters. The number of hydrogen-bond acceptors (Lipinski definition) is 2. The van der Waals surface area contributed by atoms with Gasteiger partial charge in [0.25, 0.3) is 0 Å². The van der Waals surface area contributed by atoms with Gasteiger partial charge in [-0.3, -0.25) is 4.79 Å². The Hall–Kier alpha value is -2.29. The molecule has 23 heavy (non-hydrogen) atoms. The summed E-state index contributed by atoms with van der Waals surface area (Å²) in [6, 6.07) is 16.3. The minimum Gasteiger partial charge on any atom is -0.399 e. The summed E-state index contributed by atoms with van der Waals surface area (Å²) in [5.74, 6) is 0.829. The number of carbonyl (C=O) groups excluding carboxylic acids is 1. The molecule has 0 bridgehead atoms. The predicted molar refractivity (Wildman–Crippen MR) is 95.4 cm³/mol. The monoisotopic (exact) mass is 308 g/mol. The number of rotatable bonds is 3. The maximum Gasteiger partial charge on any atom is 0.227 e. The Labute approximate surface area is 137 Å². The molecule has 1 fully saturated rings. The number of benzene rings is 2. The Bertz CT molecular complexity index is 673. The van der Waals surface area contributed by atoms with Crippen molar-refractivity contribution >= 4 is 17.3 Å². The van der Waals surface area contributed by atoms with E-state index in [1.165, 1.54) is 5.56 Å². The normalized spacial score (nSPS) is 20.9. The van der Waals surface area contributed by atoms with Crippen LogP contribution in [0.5, 0.6) is 0 Å². The largest absolute Gasteiger partial charge is 0.399 e. The summed E-state index contributed by atoms with van der Waals surface area (Å²) in [5.41, 5.74) is 9.77. The number of nitrogens with one attached hydrogen (secondary N) is 1. The van der Waals surface area contributed by atoms with Crippen molar-refractivity contribution < 1.29 is 4.79 Å². The van der Waals surface area contributed by atoms with E-state index in [-0.39, 0.29) is 11.8 Å². The maximum absolute atomic E-state index is 12.5. The zero-order valence-electron chi connectivity index (χ0n) is 13.6. The molecule has 1 aliphatic carbocycles. The van der Waals surface area contributed by atoms with Crippen molar-refractivity contribution in [2.24, 2.45) is 5.92 Å². The second kappa shape index (κ2) is 6.86. The van der Waals surface area contributed by atoms with Gasteiger partial charge < -0.3 is 11.1 Å². The molecular weight excluding hydrogens is 284 g/mol. The van der Waals surface area contributed by atoms with E-state index in [2.05, 4.69) is 35.6 Å². The van der Waals surface area contributed by atoms with Crippen molar-refractivity contribution in [1.29, 1.82) is 0 Å². The molecule has 3 heteroatoms. The fourth-order valence-electron chi connectivity index (χ4n) is 3.42. The van der Waals surface area contributed by atoms with E-state index in [4.69, 9.17) is 5.73 Å². The van der Waals surface area contributed by atoms with Crippen LogP contribution in [-0.2, 0) is 4.79 Å². The van der Waals surface area contributed by atoms with Crippen LogP contribution in [0.4, 0.5) is 11.4 Å². The van der Waals surface area contributed by atoms with E-state index in [0.717, 1.165) is 36.9 Å². The zero-order valence-corrected chi connectivity index (χ0v) is 13.6. The standard InChI is InChI=1S/C20H24N2O/c1-14-7-12-18(21)13-19(14)22-20(23)17-10-8-16(9-11-17)15-5-3-2-4-6-15/h2-7,12-13,16-17H,8-11,21H2,1H3,(H,22,23). The molecule has 0 radical (unpaired) electrons. The second-order valence-corrected chi connectivity index (χ2v) is 6.52. The van der Waals surface area contributed by atoms with Gasteiger partial charge in [-0.25, -0.2) is 0 Å². The van der Waals surface area contributed by atoms with Crippen LogP contribution >= 0.6 is 0 Å². The number of anilines is 2. The zero-order chi connectivity index (χ0) is 16.2. The highest BCUT2D eigenvalue weighted by atomic mass is 16.1. The van der Waals surface area contributed by atoms with Crippen molar-refractivity contribution in [3.63, 3.8) is 0 Å². The molecular formula is C20H24N2O. The van der Waals surface area contributed by atoms with Crippen LogP contribution in [0, 0.1) is 12.8 Å². The lowest BCUT2D eigenvalue weighted by molar-refractivity contribution is -0.120. The summed E-state index contributed by atoms with van der Waals surface area (Å²) in [6.07, 6.45) is 4.07. The van der Waals surface area contributed by atoms with Gasteiger partial charge >= 0.3 is 0 Å². The smallest absolute Gasteiger partial charge is 0.227 e. The molecule has 0 aliphatic heterocycles. The first kappa shape index (κ1) is 15.6. The third-order valence-electron chi connectivity index (χ3n) is 4.89. The topological polar surface area (TPSA) is 55.1 Å². The van der Waals surface area contributed by atoms with Crippen LogP contribution in [-0.4, -0.2) is 5.91 Å². The number of nitrogens with two attached hydrogens (primary N) is 1. The minimum absolute atomic E-state index is 0.107. The third kappa shape index (κ3) is 3.73. The van der Waals surface area contributed by atoms with Crippen LogP contribution in [0.15, 0.2) is 48.5 Å². The van der Waals surface area contributed by atoms with Crippen LogP contribution in [0.1, 0.15) is 42.7 Å². The van der Waals surface area contributed by atoms with E-state index < -0.39 is 0 Å². The molecule has 1 saturated carbocycles.